The number of hydrogen-bond acceptors (Lipinski definition) is 3. The number of carboxylic acid groups (broad SMARTS) is 1. The molecule has 1 heterocycles. The van der Waals surface area contributed by atoms with E-state index in [1.165, 1.54) is 24.4 Å². The lowest BCUT2D eigenvalue weighted by Crippen LogP contribution is -2.02. The third kappa shape index (κ3) is 1.71. The van der Waals surface area contributed by atoms with Gasteiger partial charge in [0.15, 0.2) is 0 Å². The van der Waals surface area contributed by atoms with Crippen molar-refractivity contribution in [1.82, 2.24) is 0 Å². The molecular weight excluding hydrogens is 198 g/mol. The summed E-state index contributed by atoms with van der Waals surface area (Å²) in [5.41, 5.74) is 0.228. The molecule has 0 atom stereocenters. The normalized spacial score (nSPS) is 14.0. The van der Waals surface area contributed by atoms with Crippen molar-refractivity contribution in [2.45, 2.75) is 0 Å². The van der Waals surface area contributed by atoms with Crippen LogP contribution in [0.4, 0.5) is 0 Å². The number of fused-ring (bicyclic) bond motifs is 1. The fraction of sp³-hybridized carbons (Fsp3) is 0.100. The molecule has 2 rings (SSSR count). The van der Waals surface area contributed by atoms with E-state index in [1.54, 1.807) is 0 Å². The lowest BCUT2D eigenvalue weighted by Gasteiger charge is -2.05. The lowest BCUT2D eigenvalue weighted by atomic mass is 10.1. The highest BCUT2D eigenvalue weighted by atomic mass is 16.5. The van der Waals surface area contributed by atoms with Gasteiger partial charge in [-0.05, 0) is 18.2 Å². The van der Waals surface area contributed by atoms with Crippen molar-refractivity contribution in [3.8, 4) is 5.75 Å². The Hall–Kier alpha value is -2.17. The molecule has 0 fully saturated rings. The minimum Gasteiger partial charge on any atom is -0.487 e. The van der Waals surface area contributed by atoms with Gasteiger partial charge >= 0.3 is 5.97 Å². The number of aromatic carboxylic acids is 1. The average molecular weight is 205 g/mol. The highest BCUT2D eigenvalue weighted by molar-refractivity contribution is 6.03. The lowest BCUT2D eigenvalue weighted by molar-refractivity contribution is 0.0697. The van der Waals surface area contributed by atoms with Crippen molar-refractivity contribution >= 4 is 18.1 Å². The molecule has 1 aliphatic heterocycles. The standard InChI is InChI=1S/C10H7NO4/c12-9-7-5-6(10(13)14)1-2-8(7)15-4-3-11-9/h1-3,5H,4H2,(H,13,14). The minimum absolute atomic E-state index is 0.0443. The molecular formula is C10H7NO4. The van der Waals surface area contributed by atoms with E-state index in [4.69, 9.17) is 9.84 Å². The molecule has 0 saturated heterocycles. The van der Waals surface area contributed by atoms with Gasteiger partial charge in [0, 0.05) is 6.21 Å². The van der Waals surface area contributed by atoms with Crippen molar-refractivity contribution in [1.29, 1.82) is 0 Å². The number of benzene rings is 1. The molecule has 0 radical (unpaired) electrons. The summed E-state index contributed by atoms with van der Waals surface area (Å²) in [6.45, 7) is 0.213. The van der Waals surface area contributed by atoms with E-state index in [0.29, 0.717) is 5.75 Å². The monoisotopic (exact) mass is 205 g/mol. The van der Waals surface area contributed by atoms with Gasteiger partial charge in [-0.1, -0.05) is 0 Å². The van der Waals surface area contributed by atoms with Crippen molar-refractivity contribution in [3.63, 3.8) is 0 Å². The smallest absolute Gasteiger partial charge is 0.335 e. The van der Waals surface area contributed by atoms with Crippen molar-refractivity contribution in [2.75, 3.05) is 6.61 Å². The van der Waals surface area contributed by atoms with E-state index in [9.17, 15) is 9.59 Å². The Bertz CT molecular complexity index is 464. The van der Waals surface area contributed by atoms with Gasteiger partial charge in [-0.25, -0.2) is 9.79 Å². The number of hydrogen-bond donors (Lipinski definition) is 1. The SMILES string of the molecule is O=C(O)c1ccc2c(c1)C(=O)N=CCO2. The van der Waals surface area contributed by atoms with Crippen molar-refractivity contribution in [2.24, 2.45) is 4.99 Å². The summed E-state index contributed by atoms with van der Waals surface area (Å²) < 4.78 is 5.19. The molecule has 1 aliphatic rings. The minimum atomic E-state index is -1.08. The summed E-state index contributed by atoms with van der Waals surface area (Å²) in [4.78, 5) is 25.7. The number of carbonyl (C=O) groups excluding carboxylic acids is 1. The van der Waals surface area contributed by atoms with E-state index in [2.05, 4.69) is 4.99 Å². The molecule has 76 valence electrons. The molecule has 0 saturated carbocycles. The number of rotatable bonds is 1. The maximum atomic E-state index is 11.4. The zero-order chi connectivity index (χ0) is 10.8. The van der Waals surface area contributed by atoms with Gasteiger partial charge in [-0.15, -0.1) is 0 Å². The molecule has 15 heavy (non-hydrogen) atoms. The number of carbonyl (C=O) groups is 2. The molecule has 1 aromatic carbocycles. The Balaban J connectivity index is 2.53. The maximum absolute atomic E-state index is 11.4. The summed E-state index contributed by atoms with van der Waals surface area (Å²) in [5.74, 6) is -1.20. The van der Waals surface area contributed by atoms with Gasteiger partial charge in [0.1, 0.15) is 12.4 Å². The van der Waals surface area contributed by atoms with Crippen LogP contribution >= 0.6 is 0 Å². The second-order valence-corrected chi connectivity index (χ2v) is 2.94. The number of aliphatic imine (C=N–C) groups is 1. The first-order valence-corrected chi connectivity index (χ1v) is 4.25. The zero-order valence-corrected chi connectivity index (χ0v) is 7.64. The second-order valence-electron chi connectivity index (χ2n) is 2.94. The topological polar surface area (TPSA) is 76.0 Å². The van der Waals surface area contributed by atoms with E-state index in [1.807, 2.05) is 0 Å². The molecule has 0 unspecified atom stereocenters. The highest BCUT2D eigenvalue weighted by Crippen LogP contribution is 2.22. The van der Waals surface area contributed by atoms with Crippen LogP contribution in [0.1, 0.15) is 20.7 Å². The van der Waals surface area contributed by atoms with E-state index in [0.717, 1.165) is 0 Å². The molecule has 0 aromatic heterocycles. The van der Waals surface area contributed by atoms with Crippen LogP contribution in [-0.2, 0) is 0 Å². The summed E-state index contributed by atoms with van der Waals surface area (Å²) in [6, 6.07) is 4.12. The van der Waals surface area contributed by atoms with Gasteiger partial charge in [-0.2, -0.15) is 0 Å². The van der Waals surface area contributed by atoms with Crippen LogP contribution < -0.4 is 4.74 Å². The van der Waals surface area contributed by atoms with Gasteiger partial charge in [-0.3, -0.25) is 4.79 Å². The zero-order valence-electron chi connectivity index (χ0n) is 7.64. The van der Waals surface area contributed by atoms with Gasteiger partial charge in [0.2, 0.25) is 0 Å². The molecule has 1 N–H and O–H groups in total. The molecule has 0 aliphatic carbocycles. The number of amides is 1. The quantitative estimate of drug-likeness (QED) is 0.741. The maximum Gasteiger partial charge on any atom is 0.335 e. The molecule has 0 spiro atoms. The fourth-order valence-electron chi connectivity index (χ4n) is 1.27. The van der Waals surface area contributed by atoms with Gasteiger partial charge in [0.25, 0.3) is 5.91 Å². The van der Waals surface area contributed by atoms with Crippen LogP contribution in [0, 0.1) is 0 Å². The van der Waals surface area contributed by atoms with Crippen LogP contribution in [0.15, 0.2) is 23.2 Å². The van der Waals surface area contributed by atoms with Crippen molar-refractivity contribution in [3.05, 3.63) is 29.3 Å². The van der Waals surface area contributed by atoms with Crippen LogP contribution in [0.3, 0.4) is 0 Å². The van der Waals surface area contributed by atoms with Gasteiger partial charge in [0.05, 0.1) is 11.1 Å². The highest BCUT2D eigenvalue weighted by Gasteiger charge is 2.16. The Kier molecular flexibility index (Phi) is 2.21. The molecule has 5 heteroatoms. The largest absolute Gasteiger partial charge is 0.487 e. The number of ether oxygens (including phenoxy) is 1. The van der Waals surface area contributed by atoms with Crippen LogP contribution in [0.2, 0.25) is 0 Å². The van der Waals surface area contributed by atoms with Crippen LogP contribution in [0.25, 0.3) is 0 Å². The van der Waals surface area contributed by atoms with Crippen LogP contribution in [-0.4, -0.2) is 29.8 Å². The fourth-order valence-corrected chi connectivity index (χ4v) is 1.27. The molecule has 1 aromatic rings. The Morgan fingerprint density at radius 2 is 2.27 bits per heavy atom. The Morgan fingerprint density at radius 3 is 3.00 bits per heavy atom. The van der Waals surface area contributed by atoms with E-state index >= 15 is 0 Å². The van der Waals surface area contributed by atoms with Gasteiger partial charge < -0.3 is 9.84 Å². The Morgan fingerprint density at radius 1 is 1.47 bits per heavy atom. The molecule has 5 nitrogen and oxygen atoms in total. The Labute approximate surface area is 85.0 Å². The number of nitrogens with zero attached hydrogens (tertiary/aromatic N) is 1. The van der Waals surface area contributed by atoms with E-state index in [-0.39, 0.29) is 17.7 Å². The number of carboxylic acids is 1. The summed E-state index contributed by atoms with van der Waals surface area (Å²) >= 11 is 0. The molecule has 1 amide bonds. The van der Waals surface area contributed by atoms with E-state index < -0.39 is 11.9 Å². The third-order valence-electron chi connectivity index (χ3n) is 1.98. The first-order valence-electron chi connectivity index (χ1n) is 4.25. The predicted octanol–water partition coefficient (Wildman–Crippen LogP) is 0.988. The summed E-state index contributed by atoms with van der Waals surface area (Å²) in [7, 11) is 0. The first kappa shape index (κ1) is 9.39. The summed E-state index contributed by atoms with van der Waals surface area (Å²) in [5, 5.41) is 8.75. The van der Waals surface area contributed by atoms with Crippen LogP contribution in [0.5, 0.6) is 5.75 Å². The first-order chi connectivity index (χ1) is 7.18. The molecule has 0 bridgehead atoms. The predicted molar refractivity (Wildman–Crippen MR) is 51.7 cm³/mol. The van der Waals surface area contributed by atoms with Crippen molar-refractivity contribution < 1.29 is 19.4 Å². The second kappa shape index (κ2) is 3.53. The summed E-state index contributed by atoms with van der Waals surface area (Å²) in [6.07, 6.45) is 1.35. The third-order valence-corrected chi connectivity index (χ3v) is 1.98. The average Bonchev–Trinajstić information content (AvgIpc) is 2.40.